The Labute approximate surface area is 137 Å². The van der Waals surface area contributed by atoms with E-state index in [4.69, 9.17) is 16.9 Å². The van der Waals surface area contributed by atoms with Gasteiger partial charge in [0.2, 0.25) is 5.91 Å². The number of hydrogen-bond donors (Lipinski definition) is 1. The molecule has 0 radical (unpaired) electrons. The number of primary amides is 1. The van der Waals surface area contributed by atoms with Gasteiger partial charge in [0.25, 0.3) is 0 Å². The third-order valence-electron chi connectivity index (χ3n) is 4.30. The lowest BCUT2D eigenvalue weighted by molar-refractivity contribution is -0.124. The zero-order valence-electron chi connectivity index (χ0n) is 13.7. The van der Waals surface area contributed by atoms with Crippen molar-refractivity contribution in [2.24, 2.45) is 11.7 Å². The number of carbonyl (C=O) groups is 1. The lowest BCUT2D eigenvalue weighted by atomic mass is 9.81. The molecule has 120 valence electrons. The summed E-state index contributed by atoms with van der Waals surface area (Å²) in [6, 6.07) is 11.0. The summed E-state index contributed by atoms with van der Waals surface area (Å²) < 4.78 is 5.57. The number of amides is 1. The number of hydrogen-bond acceptors (Lipinski definition) is 3. The van der Waals surface area contributed by atoms with Gasteiger partial charge in [0.1, 0.15) is 11.3 Å². The van der Waals surface area contributed by atoms with E-state index in [0.29, 0.717) is 12.4 Å². The van der Waals surface area contributed by atoms with Gasteiger partial charge >= 0.3 is 0 Å². The largest absolute Gasteiger partial charge is 0.496 e. The van der Waals surface area contributed by atoms with Crippen LogP contribution < -0.4 is 5.73 Å². The molecule has 2 unspecified atom stereocenters. The standard InChI is InChI=1S/C13H18N2O2.C6H4/c1-5-15-9-7-8-11(17-6-2)13(15,4)10(3)12(14)16;1-2-5-4-6(5)3-1/h1,7-10H,6H2,2-4H3,(H2,14,16);1-4H. The molecule has 0 saturated heterocycles. The van der Waals surface area contributed by atoms with Crippen molar-refractivity contribution in [3.8, 4) is 23.6 Å². The molecule has 2 aliphatic carbocycles. The minimum atomic E-state index is -0.731. The van der Waals surface area contributed by atoms with Crippen molar-refractivity contribution in [3.63, 3.8) is 0 Å². The Bertz CT molecular complexity index is 682. The summed E-state index contributed by atoms with van der Waals surface area (Å²) >= 11 is 0. The topological polar surface area (TPSA) is 55.6 Å². The van der Waals surface area contributed by atoms with E-state index in [1.165, 1.54) is 11.1 Å². The van der Waals surface area contributed by atoms with Crippen molar-refractivity contribution < 1.29 is 9.53 Å². The van der Waals surface area contributed by atoms with Crippen molar-refractivity contribution in [1.82, 2.24) is 4.90 Å². The maximum Gasteiger partial charge on any atom is 0.223 e. The minimum Gasteiger partial charge on any atom is -0.496 e. The molecule has 1 aliphatic heterocycles. The predicted octanol–water partition coefficient (Wildman–Crippen LogP) is 2.87. The molecule has 2 atom stereocenters. The van der Waals surface area contributed by atoms with Crippen LogP contribution in [0.1, 0.15) is 20.8 Å². The highest BCUT2D eigenvalue weighted by Gasteiger charge is 2.44. The maximum absolute atomic E-state index is 11.4. The van der Waals surface area contributed by atoms with E-state index in [9.17, 15) is 4.79 Å². The fourth-order valence-electron chi connectivity index (χ4n) is 2.56. The molecular weight excluding hydrogens is 288 g/mol. The van der Waals surface area contributed by atoms with Gasteiger partial charge < -0.3 is 10.5 Å². The number of rotatable bonds is 4. The quantitative estimate of drug-likeness (QED) is 0.884. The van der Waals surface area contributed by atoms with Crippen molar-refractivity contribution in [3.05, 3.63) is 48.4 Å². The second-order valence-corrected chi connectivity index (χ2v) is 5.66. The van der Waals surface area contributed by atoms with Crippen LogP contribution in [0.2, 0.25) is 0 Å². The van der Waals surface area contributed by atoms with E-state index >= 15 is 0 Å². The first-order valence-corrected chi connectivity index (χ1v) is 7.62. The second kappa shape index (κ2) is 6.62. The highest BCUT2D eigenvalue weighted by Crippen LogP contribution is 2.35. The van der Waals surface area contributed by atoms with Gasteiger partial charge in [-0.05, 0) is 43.2 Å². The lowest BCUT2D eigenvalue weighted by Gasteiger charge is -2.42. The van der Waals surface area contributed by atoms with E-state index in [1.807, 2.05) is 19.9 Å². The zero-order valence-corrected chi connectivity index (χ0v) is 13.7. The molecule has 0 bridgehead atoms. The zero-order chi connectivity index (χ0) is 17.0. The van der Waals surface area contributed by atoms with E-state index in [1.54, 1.807) is 24.1 Å². The van der Waals surface area contributed by atoms with Gasteiger partial charge in [-0.15, -0.1) is 0 Å². The highest BCUT2D eigenvalue weighted by molar-refractivity contribution is 5.80. The molecular formula is C19H22N2O2. The van der Waals surface area contributed by atoms with Gasteiger partial charge in [-0.25, -0.2) is 0 Å². The average molecular weight is 310 g/mol. The molecule has 4 heteroatoms. The maximum atomic E-state index is 11.4. The summed E-state index contributed by atoms with van der Waals surface area (Å²) in [6.07, 6.45) is 10.8. The molecule has 0 aromatic rings. The van der Waals surface area contributed by atoms with Crippen molar-refractivity contribution >= 4 is 5.91 Å². The van der Waals surface area contributed by atoms with Crippen molar-refractivity contribution in [2.45, 2.75) is 26.3 Å². The monoisotopic (exact) mass is 310 g/mol. The summed E-state index contributed by atoms with van der Waals surface area (Å²) in [5.74, 6) is -0.207. The summed E-state index contributed by atoms with van der Waals surface area (Å²) in [6.45, 7) is 6.00. The number of allylic oxidation sites excluding steroid dienone is 2. The number of fused-ring (bicyclic) bond motifs is 1. The van der Waals surface area contributed by atoms with Crippen LogP contribution in [0.15, 0.2) is 48.4 Å². The Morgan fingerprint density at radius 3 is 2.52 bits per heavy atom. The van der Waals surface area contributed by atoms with Crippen LogP contribution in [0.3, 0.4) is 0 Å². The summed E-state index contributed by atoms with van der Waals surface area (Å²) in [4.78, 5) is 13.1. The van der Waals surface area contributed by atoms with Crippen LogP contribution in [-0.4, -0.2) is 23.0 Å². The van der Waals surface area contributed by atoms with Crippen LogP contribution in [0, 0.1) is 18.4 Å². The van der Waals surface area contributed by atoms with E-state index in [2.05, 4.69) is 30.3 Å². The van der Waals surface area contributed by atoms with Crippen LogP contribution in [0.25, 0.3) is 11.1 Å². The Morgan fingerprint density at radius 2 is 2.13 bits per heavy atom. The number of terminal acetylenes is 1. The van der Waals surface area contributed by atoms with E-state index < -0.39 is 17.4 Å². The van der Waals surface area contributed by atoms with Crippen LogP contribution >= 0.6 is 0 Å². The van der Waals surface area contributed by atoms with Gasteiger partial charge in [-0.1, -0.05) is 31.5 Å². The number of nitrogens with zero attached hydrogens (tertiary/aromatic N) is 1. The minimum absolute atomic E-state index is 0.409. The Balaban J connectivity index is 0.000000260. The van der Waals surface area contributed by atoms with Crippen molar-refractivity contribution in [1.29, 1.82) is 0 Å². The number of carbonyl (C=O) groups excluding carboxylic acids is 1. The molecule has 0 saturated carbocycles. The van der Waals surface area contributed by atoms with Crippen molar-refractivity contribution in [2.75, 3.05) is 6.61 Å². The summed E-state index contributed by atoms with van der Waals surface area (Å²) in [5, 5.41) is 0. The molecule has 4 nitrogen and oxygen atoms in total. The normalized spacial score (nSPS) is 21.3. The first kappa shape index (κ1) is 16.7. The molecule has 23 heavy (non-hydrogen) atoms. The molecule has 0 fully saturated rings. The fourth-order valence-corrected chi connectivity index (χ4v) is 2.56. The number of nitrogens with two attached hydrogens (primary N) is 1. The molecule has 3 aliphatic rings. The first-order valence-electron chi connectivity index (χ1n) is 7.62. The molecule has 3 rings (SSSR count). The molecule has 1 amide bonds. The van der Waals surface area contributed by atoms with Crippen LogP contribution in [0.5, 0.6) is 0 Å². The molecule has 0 spiro atoms. The van der Waals surface area contributed by atoms with Gasteiger partial charge in [0.05, 0.1) is 12.5 Å². The third kappa shape index (κ3) is 3.24. The van der Waals surface area contributed by atoms with Gasteiger partial charge in [-0.2, -0.15) is 0 Å². The predicted molar refractivity (Wildman–Crippen MR) is 91.7 cm³/mol. The van der Waals surface area contributed by atoms with Gasteiger partial charge in [0.15, 0.2) is 0 Å². The Hall–Kier alpha value is -2.67. The number of benzene rings is 1. The van der Waals surface area contributed by atoms with E-state index in [-0.39, 0.29) is 0 Å². The molecule has 2 N–H and O–H groups in total. The van der Waals surface area contributed by atoms with Gasteiger partial charge in [0, 0.05) is 12.2 Å². The van der Waals surface area contributed by atoms with E-state index in [0.717, 1.165) is 0 Å². The molecule has 1 heterocycles. The van der Waals surface area contributed by atoms with Gasteiger partial charge in [-0.3, -0.25) is 9.69 Å². The average Bonchev–Trinajstić information content (AvgIpc) is 3.14. The highest BCUT2D eigenvalue weighted by atomic mass is 16.5. The summed E-state index contributed by atoms with van der Waals surface area (Å²) in [7, 11) is 0. The summed E-state index contributed by atoms with van der Waals surface area (Å²) in [5.41, 5.74) is 7.51. The van der Waals surface area contributed by atoms with Crippen LogP contribution in [0.4, 0.5) is 0 Å². The smallest absolute Gasteiger partial charge is 0.223 e. The lowest BCUT2D eigenvalue weighted by Crippen LogP contribution is -2.53. The first-order chi connectivity index (χ1) is 10.9. The fraction of sp³-hybridized carbons (Fsp3) is 0.316. The second-order valence-electron chi connectivity index (χ2n) is 5.66. The number of ether oxygens (including phenoxy) is 1. The SMILES string of the molecule is C#CN1C=CC=C(OCC)C1(C)C(C)C(N)=O.c1cc2cc-2c1. The molecule has 0 aromatic carbocycles. The van der Waals surface area contributed by atoms with Crippen LogP contribution in [-0.2, 0) is 9.53 Å². The Morgan fingerprint density at radius 1 is 1.48 bits per heavy atom. The third-order valence-corrected chi connectivity index (χ3v) is 4.30. The molecule has 0 aromatic heterocycles. The Kier molecular flexibility index (Phi) is 4.80.